The summed E-state index contributed by atoms with van der Waals surface area (Å²) in [6.45, 7) is 2.89. The van der Waals surface area contributed by atoms with Gasteiger partial charge in [-0.15, -0.1) is 0 Å². The average molecular weight is 336 g/mol. The molecule has 0 saturated carbocycles. The molecular weight excluding hydrogens is 321 g/mol. The molecule has 0 spiro atoms. The van der Waals surface area contributed by atoms with Crippen LogP contribution in [0.2, 0.25) is 0 Å². The number of amides is 1. The lowest BCUT2D eigenvalue weighted by molar-refractivity contribution is 0.0752. The molecule has 2 nitrogen and oxygen atoms in total. The molecule has 20 heavy (non-hydrogen) atoms. The molecule has 0 N–H and O–H groups in total. The van der Waals surface area contributed by atoms with Crippen LogP contribution < -0.4 is 0 Å². The third-order valence-electron chi connectivity index (χ3n) is 3.00. The molecule has 2 rings (SSSR count). The van der Waals surface area contributed by atoms with Gasteiger partial charge in [0.2, 0.25) is 0 Å². The highest BCUT2D eigenvalue weighted by atomic mass is 79.9. The predicted molar refractivity (Wildman–Crippen MR) is 81.0 cm³/mol. The van der Waals surface area contributed by atoms with Crippen molar-refractivity contribution >= 4 is 21.8 Å². The van der Waals surface area contributed by atoms with E-state index in [1.54, 1.807) is 23.1 Å². The smallest absolute Gasteiger partial charge is 0.254 e. The van der Waals surface area contributed by atoms with E-state index in [4.69, 9.17) is 0 Å². The fourth-order valence-corrected chi connectivity index (χ4v) is 2.39. The van der Waals surface area contributed by atoms with Crippen molar-refractivity contribution in [2.75, 3.05) is 6.54 Å². The number of nitrogens with zero attached hydrogens (tertiary/aromatic N) is 1. The van der Waals surface area contributed by atoms with Crippen molar-refractivity contribution in [1.29, 1.82) is 0 Å². The van der Waals surface area contributed by atoms with E-state index in [0.29, 0.717) is 18.7 Å². The largest absolute Gasteiger partial charge is 0.335 e. The number of carbonyl (C=O) groups excluding carboxylic acids is 1. The lowest BCUT2D eigenvalue weighted by Crippen LogP contribution is -2.30. The van der Waals surface area contributed by atoms with Crippen molar-refractivity contribution in [2.45, 2.75) is 13.5 Å². The molecule has 0 aliphatic heterocycles. The van der Waals surface area contributed by atoms with Gasteiger partial charge in [-0.1, -0.05) is 34.1 Å². The Morgan fingerprint density at radius 1 is 1.20 bits per heavy atom. The first-order valence-electron chi connectivity index (χ1n) is 6.39. The van der Waals surface area contributed by atoms with Crippen LogP contribution in [0.3, 0.4) is 0 Å². The molecule has 4 heteroatoms. The standard InChI is InChI=1S/C16H15BrFNO/c1-2-19(11-12-5-3-8-15(18)9-12)16(20)13-6-4-7-14(17)10-13/h3-10H,2,11H2,1H3. The SMILES string of the molecule is CCN(Cc1cccc(F)c1)C(=O)c1cccc(Br)c1. The lowest BCUT2D eigenvalue weighted by Gasteiger charge is -2.21. The van der Waals surface area contributed by atoms with Gasteiger partial charge in [0, 0.05) is 23.1 Å². The van der Waals surface area contributed by atoms with E-state index >= 15 is 0 Å². The van der Waals surface area contributed by atoms with Gasteiger partial charge in [0.05, 0.1) is 0 Å². The van der Waals surface area contributed by atoms with Gasteiger partial charge in [0.15, 0.2) is 0 Å². The van der Waals surface area contributed by atoms with Gasteiger partial charge in [-0.2, -0.15) is 0 Å². The Bertz CT molecular complexity index is 615. The van der Waals surface area contributed by atoms with Crippen molar-refractivity contribution in [2.24, 2.45) is 0 Å². The van der Waals surface area contributed by atoms with Crippen molar-refractivity contribution < 1.29 is 9.18 Å². The molecule has 0 fully saturated rings. The molecule has 1 amide bonds. The van der Waals surface area contributed by atoms with Crippen molar-refractivity contribution in [1.82, 2.24) is 4.90 Å². The summed E-state index contributed by atoms with van der Waals surface area (Å²) < 4.78 is 14.1. The van der Waals surface area contributed by atoms with Crippen LogP contribution in [0.1, 0.15) is 22.8 Å². The van der Waals surface area contributed by atoms with Gasteiger partial charge >= 0.3 is 0 Å². The first-order valence-corrected chi connectivity index (χ1v) is 7.18. The zero-order valence-electron chi connectivity index (χ0n) is 11.1. The van der Waals surface area contributed by atoms with Crippen molar-refractivity contribution in [3.63, 3.8) is 0 Å². The van der Waals surface area contributed by atoms with Crippen LogP contribution in [0.15, 0.2) is 53.0 Å². The zero-order chi connectivity index (χ0) is 14.5. The van der Waals surface area contributed by atoms with Gasteiger partial charge in [-0.3, -0.25) is 4.79 Å². The maximum Gasteiger partial charge on any atom is 0.254 e. The molecule has 0 unspecified atom stereocenters. The van der Waals surface area contributed by atoms with Crippen LogP contribution in [-0.4, -0.2) is 17.4 Å². The van der Waals surface area contributed by atoms with Gasteiger partial charge in [-0.25, -0.2) is 4.39 Å². The Kier molecular flexibility index (Phi) is 4.90. The fourth-order valence-electron chi connectivity index (χ4n) is 1.99. The normalized spacial score (nSPS) is 10.3. The zero-order valence-corrected chi connectivity index (χ0v) is 12.7. The van der Waals surface area contributed by atoms with Crippen LogP contribution in [0.4, 0.5) is 4.39 Å². The summed E-state index contributed by atoms with van der Waals surface area (Å²) in [5.74, 6) is -0.341. The molecule has 0 radical (unpaired) electrons. The molecule has 104 valence electrons. The fraction of sp³-hybridized carbons (Fsp3) is 0.188. The Hall–Kier alpha value is -1.68. The molecule has 0 aliphatic carbocycles. The second-order valence-electron chi connectivity index (χ2n) is 4.46. The van der Waals surface area contributed by atoms with Crippen LogP contribution in [0.5, 0.6) is 0 Å². The van der Waals surface area contributed by atoms with E-state index in [0.717, 1.165) is 10.0 Å². The third kappa shape index (κ3) is 3.67. The summed E-state index contributed by atoms with van der Waals surface area (Å²) in [4.78, 5) is 14.1. The monoisotopic (exact) mass is 335 g/mol. The summed E-state index contributed by atoms with van der Waals surface area (Å²) in [6.07, 6.45) is 0. The predicted octanol–water partition coefficient (Wildman–Crippen LogP) is 4.25. The van der Waals surface area contributed by atoms with E-state index in [1.165, 1.54) is 12.1 Å². The summed E-state index contributed by atoms with van der Waals surface area (Å²) in [5.41, 5.74) is 1.41. The number of halogens is 2. The Balaban J connectivity index is 2.18. The average Bonchev–Trinajstić information content (AvgIpc) is 2.44. The minimum atomic E-state index is -0.284. The van der Waals surface area contributed by atoms with E-state index in [-0.39, 0.29) is 11.7 Å². The van der Waals surface area contributed by atoms with Crippen LogP contribution in [-0.2, 0) is 6.54 Å². The highest BCUT2D eigenvalue weighted by molar-refractivity contribution is 9.10. The van der Waals surface area contributed by atoms with E-state index < -0.39 is 0 Å². The van der Waals surface area contributed by atoms with E-state index in [9.17, 15) is 9.18 Å². The highest BCUT2D eigenvalue weighted by Gasteiger charge is 2.14. The summed E-state index contributed by atoms with van der Waals surface area (Å²) in [6, 6.07) is 13.6. The number of hydrogen-bond acceptors (Lipinski definition) is 1. The topological polar surface area (TPSA) is 20.3 Å². The van der Waals surface area contributed by atoms with Gasteiger partial charge in [-0.05, 0) is 42.8 Å². The first kappa shape index (κ1) is 14.7. The van der Waals surface area contributed by atoms with Crippen LogP contribution >= 0.6 is 15.9 Å². The molecule has 0 heterocycles. The second-order valence-corrected chi connectivity index (χ2v) is 5.38. The highest BCUT2D eigenvalue weighted by Crippen LogP contribution is 2.15. The molecule has 0 aromatic heterocycles. The Labute approximate surface area is 126 Å². The Morgan fingerprint density at radius 3 is 2.60 bits per heavy atom. The summed E-state index contributed by atoms with van der Waals surface area (Å²) in [7, 11) is 0. The van der Waals surface area contributed by atoms with Gasteiger partial charge in [0.25, 0.3) is 5.91 Å². The van der Waals surface area contributed by atoms with Crippen LogP contribution in [0.25, 0.3) is 0 Å². The number of benzene rings is 2. The minimum absolute atomic E-state index is 0.0574. The summed E-state index contributed by atoms with van der Waals surface area (Å²) in [5, 5.41) is 0. The Morgan fingerprint density at radius 2 is 1.95 bits per heavy atom. The second kappa shape index (κ2) is 6.66. The quantitative estimate of drug-likeness (QED) is 0.817. The summed E-state index contributed by atoms with van der Waals surface area (Å²) >= 11 is 3.36. The maximum atomic E-state index is 13.2. The number of carbonyl (C=O) groups is 1. The molecule has 0 aliphatic rings. The van der Waals surface area contributed by atoms with Crippen molar-refractivity contribution in [3.8, 4) is 0 Å². The lowest BCUT2D eigenvalue weighted by atomic mass is 10.1. The molecule has 2 aromatic carbocycles. The minimum Gasteiger partial charge on any atom is -0.335 e. The molecule has 2 aromatic rings. The third-order valence-corrected chi connectivity index (χ3v) is 3.50. The van der Waals surface area contributed by atoms with E-state index in [2.05, 4.69) is 15.9 Å². The molecular formula is C16H15BrFNO. The molecule has 0 atom stereocenters. The van der Waals surface area contributed by atoms with E-state index in [1.807, 2.05) is 25.1 Å². The molecule has 0 saturated heterocycles. The maximum absolute atomic E-state index is 13.2. The number of rotatable bonds is 4. The van der Waals surface area contributed by atoms with Gasteiger partial charge in [0.1, 0.15) is 5.82 Å². The molecule has 0 bridgehead atoms. The van der Waals surface area contributed by atoms with Crippen molar-refractivity contribution in [3.05, 3.63) is 69.9 Å². The van der Waals surface area contributed by atoms with Crippen LogP contribution in [0, 0.1) is 5.82 Å². The first-order chi connectivity index (χ1) is 9.60. The number of hydrogen-bond donors (Lipinski definition) is 0. The van der Waals surface area contributed by atoms with Gasteiger partial charge < -0.3 is 4.90 Å².